The molecule has 1 aliphatic heterocycles. The summed E-state index contributed by atoms with van der Waals surface area (Å²) in [5.74, 6) is 0.822. The fourth-order valence-corrected chi connectivity index (χ4v) is 2.31. The van der Waals surface area contributed by atoms with Crippen LogP contribution in [0, 0.1) is 5.92 Å². The first-order chi connectivity index (χ1) is 7.22. The molecule has 0 spiro atoms. The third-order valence-electron chi connectivity index (χ3n) is 3.16. The largest absolute Gasteiger partial charge is 0.396 e. The second-order valence-electron chi connectivity index (χ2n) is 4.77. The van der Waals surface area contributed by atoms with Crippen molar-refractivity contribution in [1.82, 2.24) is 5.32 Å². The van der Waals surface area contributed by atoms with Crippen molar-refractivity contribution >= 4 is 0 Å². The predicted molar refractivity (Wildman–Crippen MR) is 61.9 cm³/mol. The normalized spacial score (nSPS) is 22.6. The molecule has 1 saturated heterocycles. The van der Waals surface area contributed by atoms with Gasteiger partial charge in [-0.1, -0.05) is 0 Å². The van der Waals surface area contributed by atoms with Gasteiger partial charge in [-0.25, -0.2) is 0 Å². The summed E-state index contributed by atoms with van der Waals surface area (Å²) in [4.78, 5) is 0. The number of aliphatic hydroxyl groups is 1. The maximum absolute atomic E-state index is 8.81. The standard InChI is InChI=1S/C12H25NO2/c1-10(3-6-14)13-11(2)9-12-4-7-15-8-5-12/h10-14H,3-9H2,1-2H3. The fraction of sp³-hybridized carbons (Fsp3) is 1.00. The number of hydrogen-bond acceptors (Lipinski definition) is 3. The molecule has 0 aliphatic carbocycles. The Hall–Kier alpha value is -0.120. The Kier molecular flexibility index (Phi) is 6.22. The van der Waals surface area contributed by atoms with Crippen molar-refractivity contribution in [2.24, 2.45) is 5.92 Å². The van der Waals surface area contributed by atoms with Crippen LogP contribution < -0.4 is 5.32 Å². The Labute approximate surface area is 93.2 Å². The maximum atomic E-state index is 8.81. The molecule has 1 aliphatic rings. The summed E-state index contributed by atoms with van der Waals surface area (Å²) in [7, 11) is 0. The lowest BCUT2D eigenvalue weighted by atomic mass is 9.93. The van der Waals surface area contributed by atoms with Crippen molar-refractivity contribution in [2.75, 3.05) is 19.8 Å². The molecule has 1 heterocycles. The van der Waals surface area contributed by atoms with E-state index in [9.17, 15) is 0 Å². The molecule has 1 fully saturated rings. The zero-order valence-electron chi connectivity index (χ0n) is 10.0. The topological polar surface area (TPSA) is 41.5 Å². The van der Waals surface area contributed by atoms with Gasteiger partial charge < -0.3 is 15.2 Å². The van der Waals surface area contributed by atoms with E-state index in [1.54, 1.807) is 0 Å². The van der Waals surface area contributed by atoms with Crippen molar-refractivity contribution in [3.05, 3.63) is 0 Å². The minimum Gasteiger partial charge on any atom is -0.396 e. The van der Waals surface area contributed by atoms with Gasteiger partial charge in [0.05, 0.1) is 0 Å². The number of hydrogen-bond donors (Lipinski definition) is 2. The molecule has 90 valence electrons. The fourth-order valence-electron chi connectivity index (χ4n) is 2.31. The highest BCUT2D eigenvalue weighted by Gasteiger charge is 2.17. The van der Waals surface area contributed by atoms with Crippen molar-refractivity contribution in [3.8, 4) is 0 Å². The third-order valence-corrected chi connectivity index (χ3v) is 3.16. The molecule has 3 nitrogen and oxygen atoms in total. The summed E-state index contributed by atoms with van der Waals surface area (Å²) in [5, 5.41) is 12.3. The number of aliphatic hydroxyl groups excluding tert-OH is 1. The second-order valence-corrected chi connectivity index (χ2v) is 4.77. The lowest BCUT2D eigenvalue weighted by Gasteiger charge is -2.27. The first kappa shape index (κ1) is 12.9. The molecular formula is C12H25NO2. The molecule has 2 atom stereocenters. The number of rotatable bonds is 6. The van der Waals surface area contributed by atoms with Crippen molar-refractivity contribution in [1.29, 1.82) is 0 Å². The van der Waals surface area contributed by atoms with Gasteiger partial charge in [-0.05, 0) is 45.4 Å². The highest BCUT2D eigenvalue weighted by Crippen LogP contribution is 2.20. The summed E-state index contributed by atoms with van der Waals surface area (Å²) >= 11 is 0. The van der Waals surface area contributed by atoms with Crippen molar-refractivity contribution < 1.29 is 9.84 Å². The van der Waals surface area contributed by atoms with Crippen LogP contribution in [0.1, 0.15) is 39.5 Å². The van der Waals surface area contributed by atoms with Crippen LogP contribution >= 0.6 is 0 Å². The Morgan fingerprint density at radius 2 is 1.93 bits per heavy atom. The van der Waals surface area contributed by atoms with Crippen LogP contribution in [-0.4, -0.2) is 37.0 Å². The molecular weight excluding hydrogens is 190 g/mol. The van der Waals surface area contributed by atoms with Gasteiger partial charge in [-0.15, -0.1) is 0 Å². The maximum Gasteiger partial charge on any atom is 0.0468 e. The molecule has 0 amide bonds. The molecule has 3 heteroatoms. The van der Waals surface area contributed by atoms with E-state index in [4.69, 9.17) is 9.84 Å². The monoisotopic (exact) mass is 215 g/mol. The lowest BCUT2D eigenvalue weighted by molar-refractivity contribution is 0.0607. The van der Waals surface area contributed by atoms with Crippen molar-refractivity contribution in [2.45, 2.75) is 51.6 Å². The van der Waals surface area contributed by atoms with Crippen LogP contribution in [0.25, 0.3) is 0 Å². The van der Waals surface area contributed by atoms with E-state index < -0.39 is 0 Å². The van der Waals surface area contributed by atoms with E-state index >= 15 is 0 Å². The highest BCUT2D eigenvalue weighted by molar-refractivity contribution is 4.73. The van der Waals surface area contributed by atoms with Gasteiger partial charge in [0, 0.05) is 31.9 Å². The van der Waals surface area contributed by atoms with Crippen LogP contribution in [0.5, 0.6) is 0 Å². The zero-order chi connectivity index (χ0) is 11.1. The summed E-state index contributed by atoms with van der Waals surface area (Å²) in [6.45, 7) is 6.52. The lowest BCUT2D eigenvalue weighted by Crippen LogP contribution is -2.37. The van der Waals surface area contributed by atoms with E-state index in [-0.39, 0.29) is 6.61 Å². The predicted octanol–water partition coefficient (Wildman–Crippen LogP) is 1.55. The molecule has 15 heavy (non-hydrogen) atoms. The molecule has 1 rings (SSSR count). The van der Waals surface area contributed by atoms with Crippen LogP contribution in [0.15, 0.2) is 0 Å². The van der Waals surface area contributed by atoms with E-state index in [1.807, 2.05) is 0 Å². The first-order valence-electron chi connectivity index (χ1n) is 6.17. The Bertz CT molecular complexity index is 158. The molecule has 0 aromatic rings. The molecule has 0 aromatic heterocycles. The molecule has 0 radical (unpaired) electrons. The molecule has 0 bridgehead atoms. The third kappa shape index (κ3) is 5.50. The summed E-state index contributed by atoms with van der Waals surface area (Å²) in [5.41, 5.74) is 0. The average molecular weight is 215 g/mol. The molecule has 2 unspecified atom stereocenters. The first-order valence-corrected chi connectivity index (χ1v) is 6.17. The van der Waals surface area contributed by atoms with Gasteiger partial charge in [-0.3, -0.25) is 0 Å². The summed E-state index contributed by atoms with van der Waals surface area (Å²) in [6.07, 6.45) is 4.50. The van der Waals surface area contributed by atoms with Gasteiger partial charge >= 0.3 is 0 Å². The molecule has 0 aromatic carbocycles. The Morgan fingerprint density at radius 1 is 1.27 bits per heavy atom. The zero-order valence-corrected chi connectivity index (χ0v) is 10.0. The van der Waals surface area contributed by atoms with E-state index in [0.717, 1.165) is 25.6 Å². The van der Waals surface area contributed by atoms with Crippen LogP contribution in [-0.2, 0) is 4.74 Å². The second kappa shape index (κ2) is 7.20. The van der Waals surface area contributed by atoms with Gasteiger partial charge in [0.1, 0.15) is 0 Å². The quantitative estimate of drug-likeness (QED) is 0.706. The van der Waals surface area contributed by atoms with Gasteiger partial charge in [0.25, 0.3) is 0 Å². The highest BCUT2D eigenvalue weighted by atomic mass is 16.5. The summed E-state index contributed by atoms with van der Waals surface area (Å²) < 4.78 is 5.35. The smallest absolute Gasteiger partial charge is 0.0468 e. The van der Waals surface area contributed by atoms with E-state index in [1.165, 1.54) is 19.3 Å². The molecule has 0 saturated carbocycles. The number of nitrogens with one attached hydrogen (secondary N) is 1. The van der Waals surface area contributed by atoms with Crippen LogP contribution in [0.3, 0.4) is 0 Å². The SMILES string of the molecule is CC(CCO)NC(C)CC1CCOCC1. The van der Waals surface area contributed by atoms with Gasteiger partial charge in [-0.2, -0.15) is 0 Å². The number of ether oxygens (including phenoxy) is 1. The average Bonchev–Trinajstić information content (AvgIpc) is 2.19. The van der Waals surface area contributed by atoms with Gasteiger partial charge in [0.2, 0.25) is 0 Å². The molecule has 2 N–H and O–H groups in total. The van der Waals surface area contributed by atoms with Gasteiger partial charge in [0.15, 0.2) is 0 Å². The summed E-state index contributed by atoms with van der Waals surface area (Å²) in [6, 6.07) is 0.972. The Morgan fingerprint density at radius 3 is 2.53 bits per heavy atom. The minimum absolute atomic E-state index is 0.276. The van der Waals surface area contributed by atoms with E-state index in [0.29, 0.717) is 12.1 Å². The van der Waals surface area contributed by atoms with Crippen molar-refractivity contribution in [3.63, 3.8) is 0 Å². The minimum atomic E-state index is 0.276. The van der Waals surface area contributed by atoms with E-state index in [2.05, 4.69) is 19.2 Å². The van der Waals surface area contributed by atoms with Crippen LogP contribution in [0.2, 0.25) is 0 Å². The Balaban J connectivity index is 2.13. The van der Waals surface area contributed by atoms with Crippen LogP contribution in [0.4, 0.5) is 0 Å².